The first kappa shape index (κ1) is 16.3. The molecule has 116 valence electrons. The number of benzene rings is 1. The van der Waals surface area contributed by atoms with Gasteiger partial charge in [0.1, 0.15) is 0 Å². The summed E-state index contributed by atoms with van der Waals surface area (Å²) < 4.78 is 0. The molecule has 0 amide bonds. The van der Waals surface area contributed by atoms with Crippen LogP contribution in [0.2, 0.25) is 0 Å². The highest BCUT2D eigenvalue weighted by Gasteiger charge is 2.24. The van der Waals surface area contributed by atoms with E-state index in [2.05, 4.69) is 19.1 Å². The molecule has 1 aliphatic carbocycles. The van der Waals surface area contributed by atoms with Gasteiger partial charge in [0.2, 0.25) is 0 Å². The summed E-state index contributed by atoms with van der Waals surface area (Å²) in [6.45, 7) is 8.24. The van der Waals surface area contributed by atoms with Crippen molar-refractivity contribution in [1.29, 1.82) is 0 Å². The fraction of sp³-hybridized carbons (Fsp3) is 0.650. The van der Waals surface area contributed by atoms with Gasteiger partial charge < -0.3 is 0 Å². The molecule has 1 saturated carbocycles. The molecular formula is C20H30O. The number of hydrogen-bond donors (Lipinski definition) is 0. The van der Waals surface area contributed by atoms with Crippen LogP contribution in [0.4, 0.5) is 0 Å². The molecule has 0 saturated heterocycles. The second-order valence-corrected chi connectivity index (χ2v) is 7.71. The van der Waals surface area contributed by atoms with Gasteiger partial charge in [-0.05, 0) is 43.1 Å². The molecule has 1 aromatic rings. The molecule has 0 radical (unpaired) electrons. The lowest BCUT2D eigenvalue weighted by Gasteiger charge is -2.28. The van der Waals surface area contributed by atoms with Crippen LogP contribution in [0.3, 0.4) is 0 Å². The van der Waals surface area contributed by atoms with Gasteiger partial charge in [0.25, 0.3) is 0 Å². The molecule has 1 aliphatic rings. The van der Waals surface area contributed by atoms with Crippen LogP contribution in [0, 0.1) is 11.3 Å². The van der Waals surface area contributed by atoms with Crippen LogP contribution in [-0.4, -0.2) is 5.78 Å². The monoisotopic (exact) mass is 286 g/mol. The van der Waals surface area contributed by atoms with Crippen LogP contribution in [0.5, 0.6) is 0 Å². The zero-order chi connectivity index (χ0) is 15.5. The topological polar surface area (TPSA) is 17.1 Å². The third kappa shape index (κ3) is 4.18. The Labute approximate surface area is 130 Å². The van der Waals surface area contributed by atoms with Crippen molar-refractivity contribution in [3.8, 4) is 0 Å². The molecule has 1 nitrogen and oxygen atoms in total. The van der Waals surface area contributed by atoms with Gasteiger partial charge in [0.05, 0.1) is 0 Å². The minimum Gasteiger partial charge on any atom is -0.294 e. The Balaban J connectivity index is 1.99. The molecule has 0 unspecified atom stereocenters. The van der Waals surface area contributed by atoms with E-state index >= 15 is 0 Å². The number of carbonyl (C=O) groups excluding carboxylic acids is 1. The third-order valence-corrected chi connectivity index (χ3v) is 4.87. The third-order valence-electron chi connectivity index (χ3n) is 4.87. The van der Waals surface area contributed by atoms with E-state index in [0.29, 0.717) is 5.92 Å². The molecular weight excluding hydrogens is 256 g/mol. The maximum Gasteiger partial charge on any atom is 0.168 e. The summed E-state index contributed by atoms with van der Waals surface area (Å²) >= 11 is 0. The Morgan fingerprint density at radius 2 is 1.62 bits per heavy atom. The van der Waals surface area contributed by atoms with Crippen LogP contribution in [-0.2, 0) is 0 Å². The maximum absolute atomic E-state index is 12.3. The first-order chi connectivity index (χ1) is 9.91. The van der Waals surface area contributed by atoms with E-state index in [-0.39, 0.29) is 11.2 Å². The van der Waals surface area contributed by atoms with E-state index in [9.17, 15) is 4.79 Å². The molecule has 0 aromatic heterocycles. The van der Waals surface area contributed by atoms with Crippen molar-refractivity contribution < 1.29 is 4.79 Å². The van der Waals surface area contributed by atoms with Crippen LogP contribution < -0.4 is 0 Å². The average Bonchev–Trinajstić information content (AvgIpc) is 2.47. The summed E-state index contributed by atoms with van der Waals surface area (Å²) in [5, 5.41) is 0. The summed E-state index contributed by atoms with van der Waals surface area (Å²) in [5.41, 5.74) is 1.99. The molecule has 0 bridgehead atoms. The Hall–Kier alpha value is -1.11. The van der Waals surface area contributed by atoms with E-state index in [4.69, 9.17) is 0 Å². The highest BCUT2D eigenvalue weighted by atomic mass is 16.1. The zero-order valence-corrected chi connectivity index (χ0v) is 14.1. The smallest absolute Gasteiger partial charge is 0.168 e. The highest BCUT2D eigenvalue weighted by molar-refractivity contribution is 5.99. The summed E-state index contributed by atoms with van der Waals surface area (Å²) in [6, 6.07) is 8.43. The van der Waals surface area contributed by atoms with Crippen molar-refractivity contribution in [2.45, 2.75) is 72.1 Å². The average molecular weight is 286 g/mol. The van der Waals surface area contributed by atoms with Crippen molar-refractivity contribution in [3.05, 3.63) is 35.4 Å². The van der Waals surface area contributed by atoms with Crippen molar-refractivity contribution in [1.82, 2.24) is 0 Å². The molecule has 2 rings (SSSR count). The maximum atomic E-state index is 12.3. The standard InChI is InChI=1S/C20H30O/c1-5-6-15-7-9-16(10-8-15)17-11-13-18(14-12-17)19(21)20(2,3)4/h11-16H,5-10H2,1-4H3. The molecule has 0 spiro atoms. The summed E-state index contributed by atoms with van der Waals surface area (Å²) in [5.74, 6) is 1.89. The van der Waals surface area contributed by atoms with Gasteiger partial charge in [0, 0.05) is 11.0 Å². The molecule has 0 N–H and O–H groups in total. The van der Waals surface area contributed by atoms with Crippen LogP contribution >= 0.6 is 0 Å². The first-order valence-corrected chi connectivity index (χ1v) is 8.56. The Bertz CT molecular complexity index is 456. The van der Waals surface area contributed by atoms with E-state index in [1.807, 2.05) is 32.9 Å². The second-order valence-electron chi connectivity index (χ2n) is 7.71. The normalized spacial score (nSPS) is 23.0. The van der Waals surface area contributed by atoms with Gasteiger partial charge in [-0.2, -0.15) is 0 Å². The Kier molecular flexibility index (Phi) is 5.24. The number of Topliss-reactive ketones (excluding diaryl/α,β-unsaturated/α-hetero) is 1. The predicted octanol–water partition coefficient (Wildman–Crippen LogP) is 5.99. The highest BCUT2D eigenvalue weighted by Crippen LogP contribution is 2.37. The van der Waals surface area contributed by atoms with Gasteiger partial charge in [0.15, 0.2) is 5.78 Å². The molecule has 21 heavy (non-hydrogen) atoms. The Morgan fingerprint density at radius 3 is 2.10 bits per heavy atom. The fourth-order valence-corrected chi connectivity index (χ4v) is 3.53. The van der Waals surface area contributed by atoms with Crippen molar-refractivity contribution in [3.63, 3.8) is 0 Å². The second kappa shape index (κ2) is 6.77. The van der Waals surface area contributed by atoms with Crippen molar-refractivity contribution >= 4 is 5.78 Å². The minimum absolute atomic E-state index is 0.237. The van der Waals surface area contributed by atoms with E-state index in [1.54, 1.807) is 0 Å². The lowest BCUT2D eigenvalue weighted by atomic mass is 9.77. The lowest BCUT2D eigenvalue weighted by molar-refractivity contribution is 0.0858. The molecule has 1 heteroatoms. The molecule has 0 aliphatic heterocycles. The van der Waals surface area contributed by atoms with E-state index in [0.717, 1.165) is 11.5 Å². The first-order valence-electron chi connectivity index (χ1n) is 8.56. The minimum atomic E-state index is -0.292. The molecule has 0 heterocycles. The van der Waals surface area contributed by atoms with Gasteiger partial charge in [-0.3, -0.25) is 4.79 Å². The number of rotatable bonds is 4. The SMILES string of the molecule is CCCC1CCC(c2ccc(C(=O)C(C)(C)C)cc2)CC1. The number of ketones is 1. The van der Waals surface area contributed by atoms with Crippen molar-refractivity contribution in [2.75, 3.05) is 0 Å². The van der Waals surface area contributed by atoms with Crippen LogP contribution in [0.15, 0.2) is 24.3 Å². The largest absolute Gasteiger partial charge is 0.294 e. The number of carbonyl (C=O) groups is 1. The van der Waals surface area contributed by atoms with Gasteiger partial charge in [-0.25, -0.2) is 0 Å². The number of hydrogen-bond acceptors (Lipinski definition) is 1. The zero-order valence-electron chi connectivity index (χ0n) is 14.1. The molecule has 0 atom stereocenters. The van der Waals surface area contributed by atoms with Crippen LogP contribution in [0.25, 0.3) is 0 Å². The van der Waals surface area contributed by atoms with E-state index < -0.39 is 0 Å². The van der Waals surface area contributed by atoms with Gasteiger partial charge in [-0.1, -0.05) is 64.8 Å². The summed E-state index contributed by atoms with van der Waals surface area (Å²) in [4.78, 5) is 12.3. The molecule has 1 aromatic carbocycles. The fourth-order valence-electron chi connectivity index (χ4n) is 3.53. The lowest BCUT2D eigenvalue weighted by Crippen LogP contribution is -2.20. The predicted molar refractivity (Wildman–Crippen MR) is 89.8 cm³/mol. The van der Waals surface area contributed by atoms with Gasteiger partial charge >= 0.3 is 0 Å². The van der Waals surface area contributed by atoms with Crippen LogP contribution in [0.1, 0.15) is 88.1 Å². The summed E-state index contributed by atoms with van der Waals surface area (Å²) in [7, 11) is 0. The Morgan fingerprint density at radius 1 is 1.05 bits per heavy atom. The quantitative estimate of drug-likeness (QED) is 0.621. The van der Waals surface area contributed by atoms with Gasteiger partial charge in [-0.15, -0.1) is 0 Å². The van der Waals surface area contributed by atoms with E-state index in [1.165, 1.54) is 44.1 Å². The molecule has 1 fully saturated rings. The van der Waals surface area contributed by atoms with Crippen molar-refractivity contribution in [2.24, 2.45) is 11.3 Å². The summed E-state index contributed by atoms with van der Waals surface area (Å²) in [6.07, 6.45) is 8.10.